The van der Waals surface area contributed by atoms with Gasteiger partial charge >= 0.3 is 0 Å². The van der Waals surface area contributed by atoms with Crippen LogP contribution in [0.15, 0.2) is 60.7 Å². The fourth-order valence-corrected chi connectivity index (χ4v) is 4.13. The molecule has 2 unspecified atom stereocenters. The van der Waals surface area contributed by atoms with Crippen LogP contribution in [0.2, 0.25) is 0 Å². The zero-order chi connectivity index (χ0) is 19.0. The topological polar surface area (TPSA) is 12.0 Å². The predicted molar refractivity (Wildman–Crippen MR) is 115 cm³/mol. The van der Waals surface area contributed by atoms with Crippen LogP contribution in [-0.4, -0.2) is 13.1 Å². The Morgan fingerprint density at radius 3 is 2.12 bits per heavy atom. The lowest BCUT2D eigenvalue weighted by Gasteiger charge is -2.41. The van der Waals surface area contributed by atoms with Gasteiger partial charge in [0.05, 0.1) is 0 Å². The Morgan fingerprint density at radius 1 is 0.923 bits per heavy atom. The molecule has 1 aliphatic carbocycles. The molecule has 1 nitrogen and oxygen atoms in total. The largest absolute Gasteiger partial charge is 0.317 e. The molecule has 0 aliphatic heterocycles. The van der Waals surface area contributed by atoms with Gasteiger partial charge in [-0.15, -0.1) is 0 Å². The molecule has 2 atom stereocenters. The Kier molecular flexibility index (Phi) is 7.66. The molecule has 1 aliphatic rings. The molecule has 0 bridgehead atoms. The van der Waals surface area contributed by atoms with Gasteiger partial charge in [-0.05, 0) is 62.0 Å². The Morgan fingerprint density at radius 2 is 1.54 bits per heavy atom. The van der Waals surface area contributed by atoms with Gasteiger partial charge in [-0.3, -0.25) is 0 Å². The van der Waals surface area contributed by atoms with E-state index < -0.39 is 0 Å². The highest BCUT2D eigenvalue weighted by molar-refractivity contribution is 5.43. The van der Waals surface area contributed by atoms with Crippen molar-refractivity contribution in [2.75, 3.05) is 13.1 Å². The summed E-state index contributed by atoms with van der Waals surface area (Å²) >= 11 is 0. The SMILES string of the molecule is CCNCC.Cc1ccccc1C1C=CCCC1(C)c1ccccc1C. The molecule has 0 spiro atoms. The highest BCUT2D eigenvalue weighted by atomic mass is 14.8. The second kappa shape index (κ2) is 9.73. The highest BCUT2D eigenvalue weighted by Gasteiger charge is 2.37. The van der Waals surface area contributed by atoms with Crippen LogP contribution in [0.5, 0.6) is 0 Å². The van der Waals surface area contributed by atoms with Gasteiger partial charge in [0, 0.05) is 11.3 Å². The number of benzene rings is 2. The third-order valence-electron chi connectivity index (χ3n) is 5.63. The van der Waals surface area contributed by atoms with Crippen molar-refractivity contribution < 1.29 is 0 Å². The summed E-state index contributed by atoms with van der Waals surface area (Å²) in [5.41, 5.74) is 5.97. The smallest absolute Gasteiger partial charge is 0.0115 e. The minimum absolute atomic E-state index is 0.187. The summed E-state index contributed by atoms with van der Waals surface area (Å²) in [7, 11) is 0. The molecule has 140 valence electrons. The Hall–Kier alpha value is -1.86. The number of rotatable bonds is 4. The van der Waals surface area contributed by atoms with E-state index in [0.29, 0.717) is 5.92 Å². The molecule has 0 saturated heterocycles. The average molecular weight is 350 g/mol. The lowest BCUT2D eigenvalue weighted by molar-refractivity contribution is 0.376. The van der Waals surface area contributed by atoms with Gasteiger partial charge in [0.25, 0.3) is 0 Å². The highest BCUT2D eigenvalue weighted by Crippen LogP contribution is 2.47. The number of aryl methyl sites for hydroxylation is 2. The van der Waals surface area contributed by atoms with Crippen LogP contribution >= 0.6 is 0 Å². The van der Waals surface area contributed by atoms with Crippen LogP contribution in [0.4, 0.5) is 0 Å². The number of hydrogen-bond acceptors (Lipinski definition) is 1. The molecule has 0 saturated carbocycles. The number of nitrogens with one attached hydrogen (secondary N) is 1. The van der Waals surface area contributed by atoms with E-state index >= 15 is 0 Å². The zero-order valence-corrected chi connectivity index (χ0v) is 17.2. The summed E-state index contributed by atoms with van der Waals surface area (Å²) in [6, 6.07) is 17.7. The lowest BCUT2D eigenvalue weighted by Crippen LogP contribution is -2.32. The normalized spacial score (nSPS) is 21.8. The van der Waals surface area contributed by atoms with Gasteiger partial charge in [-0.25, -0.2) is 0 Å². The van der Waals surface area contributed by atoms with E-state index in [1.165, 1.54) is 35.1 Å². The number of hydrogen-bond donors (Lipinski definition) is 1. The van der Waals surface area contributed by atoms with Crippen molar-refractivity contribution in [3.05, 3.63) is 82.9 Å². The van der Waals surface area contributed by atoms with Crippen LogP contribution < -0.4 is 5.32 Å². The van der Waals surface area contributed by atoms with Crippen molar-refractivity contribution in [2.24, 2.45) is 0 Å². The van der Waals surface area contributed by atoms with E-state index in [2.05, 4.69) is 101 Å². The lowest BCUT2D eigenvalue weighted by atomic mass is 9.63. The molecule has 1 N–H and O–H groups in total. The fraction of sp³-hybridized carbons (Fsp3) is 0.440. The van der Waals surface area contributed by atoms with Crippen LogP contribution in [0, 0.1) is 13.8 Å². The fourth-order valence-electron chi connectivity index (χ4n) is 4.13. The van der Waals surface area contributed by atoms with Crippen LogP contribution in [0.25, 0.3) is 0 Å². The summed E-state index contributed by atoms with van der Waals surface area (Å²) < 4.78 is 0. The second-order valence-electron chi connectivity index (χ2n) is 7.49. The first-order chi connectivity index (χ1) is 12.5. The Bertz CT molecular complexity index is 714. The van der Waals surface area contributed by atoms with Gasteiger partial charge < -0.3 is 5.32 Å². The molecule has 0 heterocycles. The molecule has 1 heteroatoms. The van der Waals surface area contributed by atoms with E-state index in [1.54, 1.807) is 0 Å². The van der Waals surface area contributed by atoms with Crippen molar-refractivity contribution in [3.8, 4) is 0 Å². The summed E-state index contributed by atoms with van der Waals surface area (Å²) in [6.07, 6.45) is 7.18. The van der Waals surface area contributed by atoms with Gasteiger partial charge in [0.2, 0.25) is 0 Å². The van der Waals surface area contributed by atoms with Gasteiger partial charge in [0.15, 0.2) is 0 Å². The first-order valence-corrected chi connectivity index (χ1v) is 10.0. The maximum atomic E-state index is 3.11. The first-order valence-electron chi connectivity index (χ1n) is 10.0. The zero-order valence-electron chi connectivity index (χ0n) is 17.2. The summed E-state index contributed by atoms with van der Waals surface area (Å²) in [4.78, 5) is 0. The maximum absolute atomic E-state index is 3.11. The third kappa shape index (κ3) is 4.65. The molecule has 0 aromatic heterocycles. The van der Waals surface area contributed by atoms with E-state index in [4.69, 9.17) is 0 Å². The predicted octanol–water partition coefficient (Wildman–Crippen LogP) is 6.31. The average Bonchev–Trinajstić information content (AvgIpc) is 2.64. The minimum atomic E-state index is 0.187. The van der Waals surface area contributed by atoms with Crippen molar-refractivity contribution in [2.45, 2.75) is 58.8 Å². The van der Waals surface area contributed by atoms with Crippen LogP contribution in [0.3, 0.4) is 0 Å². The van der Waals surface area contributed by atoms with Crippen molar-refractivity contribution in [1.29, 1.82) is 0 Å². The van der Waals surface area contributed by atoms with Gasteiger partial charge in [0.1, 0.15) is 0 Å². The molecular weight excluding hydrogens is 314 g/mol. The van der Waals surface area contributed by atoms with E-state index in [1.807, 2.05) is 0 Å². The second-order valence-corrected chi connectivity index (χ2v) is 7.49. The van der Waals surface area contributed by atoms with E-state index in [9.17, 15) is 0 Å². The minimum Gasteiger partial charge on any atom is -0.317 e. The molecule has 2 aromatic carbocycles. The summed E-state index contributed by atoms with van der Waals surface area (Å²) in [5, 5.41) is 3.11. The maximum Gasteiger partial charge on any atom is 0.0115 e. The third-order valence-corrected chi connectivity index (χ3v) is 5.63. The van der Waals surface area contributed by atoms with Gasteiger partial charge in [-0.1, -0.05) is 81.5 Å². The summed E-state index contributed by atoms with van der Waals surface area (Å²) in [6.45, 7) is 13.3. The first kappa shape index (κ1) is 20.5. The monoisotopic (exact) mass is 349 g/mol. The van der Waals surface area contributed by atoms with Gasteiger partial charge in [-0.2, -0.15) is 0 Å². The standard InChI is InChI=1S/C21H24.C4H11N/c1-16-10-4-6-12-18(16)20-14-8-9-15-21(20,3)19-13-7-5-11-17(19)2;1-3-5-4-2/h4-8,10-14,20H,9,15H2,1-3H3;5H,3-4H2,1-2H3. The molecule has 2 aromatic rings. The van der Waals surface area contributed by atoms with Crippen LogP contribution in [-0.2, 0) is 5.41 Å². The molecule has 26 heavy (non-hydrogen) atoms. The molecular formula is C25H35N. The number of allylic oxidation sites excluding steroid dienone is 2. The van der Waals surface area contributed by atoms with Crippen LogP contribution in [0.1, 0.15) is 61.8 Å². The molecule has 3 rings (SSSR count). The van der Waals surface area contributed by atoms with Crippen molar-refractivity contribution in [3.63, 3.8) is 0 Å². The molecule has 0 radical (unpaired) electrons. The summed E-state index contributed by atoms with van der Waals surface area (Å²) in [5.74, 6) is 0.466. The molecule has 0 fully saturated rings. The Labute approximate surface area is 160 Å². The Balaban J connectivity index is 0.000000431. The molecule has 0 amide bonds. The van der Waals surface area contributed by atoms with E-state index in [0.717, 1.165) is 13.1 Å². The van der Waals surface area contributed by atoms with Crippen molar-refractivity contribution in [1.82, 2.24) is 5.32 Å². The van der Waals surface area contributed by atoms with E-state index in [-0.39, 0.29) is 5.41 Å². The quantitative estimate of drug-likeness (QED) is 0.638. The van der Waals surface area contributed by atoms with Crippen molar-refractivity contribution >= 4 is 0 Å².